The number of rotatable bonds is 11. The minimum Gasteiger partial charge on any atom is -0.414 e. The molecule has 2 nitrogen and oxygen atoms in total. The zero-order chi connectivity index (χ0) is 13.1. The van der Waals surface area contributed by atoms with E-state index < -0.39 is 8.32 Å². The Labute approximate surface area is 109 Å². The standard InChI is InChI=1S/C14H33NOSi/c1-5-7-11-17(12-8-6-2,13-9-10-15)16-14(3)4/h14H,5-13,15H2,1-4H3. The van der Waals surface area contributed by atoms with E-state index in [0.29, 0.717) is 6.10 Å². The van der Waals surface area contributed by atoms with Crippen LogP contribution >= 0.6 is 0 Å². The molecule has 2 N–H and O–H groups in total. The fraction of sp³-hybridized carbons (Fsp3) is 1.00. The second kappa shape index (κ2) is 10.1. The fourth-order valence-electron chi connectivity index (χ4n) is 2.47. The third-order valence-corrected chi connectivity index (χ3v) is 8.06. The SMILES string of the molecule is CCCC[Si](CCCC)(CCCN)OC(C)C. The van der Waals surface area contributed by atoms with Gasteiger partial charge in [-0.3, -0.25) is 0 Å². The molecule has 0 aromatic heterocycles. The Morgan fingerprint density at radius 2 is 1.41 bits per heavy atom. The normalized spacial score (nSPS) is 12.4. The van der Waals surface area contributed by atoms with Crippen LogP contribution in [0.3, 0.4) is 0 Å². The minimum absolute atomic E-state index is 0.383. The van der Waals surface area contributed by atoms with Crippen molar-refractivity contribution >= 4 is 8.32 Å². The molecule has 0 bridgehead atoms. The highest BCUT2D eigenvalue weighted by Gasteiger charge is 2.33. The maximum atomic E-state index is 6.43. The van der Waals surface area contributed by atoms with Gasteiger partial charge in [0.25, 0.3) is 0 Å². The van der Waals surface area contributed by atoms with Crippen LogP contribution in [0.2, 0.25) is 18.1 Å². The Hall–Kier alpha value is 0.137. The van der Waals surface area contributed by atoms with Crippen LogP contribution in [0.4, 0.5) is 0 Å². The largest absolute Gasteiger partial charge is 0.414 e. The molecular formula is C14H33NOSi. The first-order valence-corrected chi connectivity index (χ1v) is 10.0. The van der Waals surface area contributed by atoms with Crippen molar-refractivity contribution in [3.05, 3.63) is 0 Å². The van der Waals surface area contributed by atoms with Crippen molar-refractivity contribution in [2.45, 2.75) is 84.0 Å². The van der Waals surface area contributed by atoms with Gasteiger partial charge >= 0.3 is 0 Å². The molecule has 17 heavy (non-hydrogen) atoms. The minimum atomic E-state index is -1.50. The summed E-state index contributed by atoms with van der Waals surface area (Å²) in [5.41, 5.74) is 5.69. The lowest BCUT2D eigenvalue weighted by Gasteiger charge is -2.34. The topological polar surface area (TPSA) is 35.2 Å². The van der Waals surface area contributed by atoms with E-state index >= 15 is 0 Å². The van der Waals surface area contributed by atoms with Crippen molar-refractivity contribution < 1.29 is 4.43 Å². The quantitative estimate of drug-likeness (QED) is 0.561. The van der Waals surface area contributed by atoms with Gasteiger partial charge in [-0.25, -0.2) is 0 Å². The van der Waals surface area contributed by atoms with E-state index in [1.807, 2.05) is 0 Å². The predicted molar refractivity (Wildman–Crippen MR) is 79.9 cm³/mol. The summed E-state index contributed by atoms with van der Waals surface area (Å²) in [7, 11) is -1.50. The summed E-state index contributed by atoms with van der Waals surface area (Å²) in [4.78, 5) is 0. The van der Waals surface area contributed by atoms with Gasteiger partial charge in [0, 0.05) is 6.10 Å². The fourth-order valence-corrected chi connectivity index (χ4v) is 7.42. The van der Waals surface area contributed by atoms with E-state index in [-0.39, 0.29) is 0 Å². The van der Waals surface area contributed by atoms with E-state index in [4.69, 9.17) is 10.2 Å². The average Bonchev–Trinajstić information content (AvgIpc) is 2.30. The van der Waals surface area contributed by atoms with Crippen molar-refractivity contribution in [3.8, 4) is 0 Å². The maximum Gasteiger partial charge on any atom is 0.193 e. The van der Waals surface area contributed by atoms with Gasteiger partial charge in [-0.15, -0.1) is 0 Å². The summed E-state index contributed by atoms with van der Waals surface area (Å²) >= 11 is 0. The summed E-state index contributed by atoms with van der Waals surface area (Å²) < 4.78 is 6.43. The first-order valence-electron chi connectivity index (χ1n) is 7.48. The van der Waals surface area contributed by atoms with Crippen molar-refractivity contribution in [2.75, 3.05) is 6.54 Å². The number of unbranched alkanes of at least 4 members (excludes halogenated alkanes) is 2. The molecule has 0 atom stereocenters. The Morgan fingerprint density at radius 3 is 1.76 bits per heavy atom. The lowest BCUT2D eigenvalue weighted by Crippen LogP contribution is -2.40. The summed E-state index contributed by atoms with van der Waals surface area (Å²) in [5, 5.41) is 0. The first kappa shape index (κ1) is 17.1. The van der Waals surface area contributed by atoms with Gasteiger partial charge in [-0.2, -0.15) is 0 Å². The van der Waals surface area contributed by atoms with E-state index in [1.54, 1.807) is 0 Å². The Bertz CT molecular complexity index is 152. The van der Waals surface area contributed by atoms with Crippen molar-refractivity contribution in [1.82, 2.24) is 0 Å². The lowest BCUT2D eigenvalue weighted by molar-refractivity contribution is 0.222. The van der Waals surface area contributed by atoms with Gasteiger partial charge in [0.05, 0.1) is 0 Å². The molecule has 0 aromatic carbocycles. The monoisotopic (exact) mass is 259 g/mol. The molecule has 0 saturated carbocycles. The number of hydrogen-bond donors (Lipinski definition) is 1. The molecule has 0 unspecified atom stereocenters. The van der Waals surface area contributed by atoms with Crippen LogP contribution in [0.25, 0.3) is 0 Å². The Morgan fingerprint density at radius 1 is 0.941 bits per heavy atom. The maximum absolute atomic E-state index is 6.43. The first-order chi connectivity index (χ1) is 8.10. The summed E-state index contributed by atoms with van der Waals surface area (Å²) in [6.45, 7) is 9.73. The molecular weight excluding hydrogens is 226 g/mol. The summed E-state index contributed by atoms with van der Waals surface area (Å²) in [6, 6.07) is 3.94. The molecule has 0 aliphatic rings. The third kappa shape index (κ3) is 7.95. The third-order valence-electron chi connectivity index (χ3n) is 3.29. The van der Waals surface area contributed by atoms with Gasteiger partial charge in [-0.05, 0) is 44.9 Å². The van der Waals surface area contributed by atoms with Gasteiger partial charge in [0.1, 0.15) is 0 Å². The highest BCUT2D eigenvalue weighted by atomic mass is 28.4. The smallest absolute Gasteiger partial charge is 0.193 e. The van der Waals surface area contributed by atoms with E-state index in [2.05, 4.69) is 27.7 Å². The van der Waals surface area contributed by atoms with Crippen molar-refractivity contribution in [3.63, 3.8) is 0 Å². The van der Waals surface area contributed by atoms with Gasteiger partial charge < -0.3 is 10.2 Å². The van der Waals surface area contributed by atoms with Crippen LogP contribution in [0.5, 0.6) is 0 Å². The van der Waals surface area contributed by atoms with E-state index in [0.717, 1.165) is 13.0 Å². The van der Waals surface area contributed by atoms with Crippen LogP contribution in [0.15, 0.2) is 0 Å². The molecule has 0 fully saturated rings. The van der Waals surface area contributed by atoms with Crippen LogP contribution in [0.1, 0.15) is 59.8 Å². The van der Waals surface area contributed by atoms with Gasteiger partial charge in [-0.1, -0.05) is 39.5 Å². The van der Waals surface area contributed by atoms with Crippen LogP contribution in [-0.2, 0) is 4.43 Å². The molecule has 0 spiro atoms. The molecule has 0 aromatic rings. The average molecular weight is 260 g/mol. The second-order valence-corrected chi connectivity index (χ2v) is 9.55. The number of nitrogens with two attached hydrogens (primary N) is 1. The Kier molecular flexibility index (Phi) is 10.2. The molecule has 0 rings (SSSR count). The van der Waals surface area contributed by atoms with E-state index in [9.17, 15) is 0 Å². The molecule has 3 heteroatoms. The Balaban J connectivity index is 4.51. The van der Waals surface area contributed by atoms with Gasteiger partial charge in [0.15, 0.2) is 8.32 Å². The predicted octanol–water partition coefficient (Wildman–Crippen LogP) is 4.31. The van der Waals surface area contributed by atoms with Crippen LogP contribution < -0.4 is 5.73 Å². The zero-order valence-corrected chi connectivity index (χ0v) is 13.4. The highest BCUT2D eigenvalue weighted by molar-refractivity contribution is 6.73. The van der Waals surface area contributed by atoms with Crippen LogP contribution in [0, 0.1) is 0 Å². The van der Waals surface area contributed by atoms with Gasteiger partial charge in [0.2, 0.25) is 0 Å². The summed E-state index contributed by atoms with van der Waals surface area (Å²) in [6.07, 6.45) is 6.75. The molecule has 0 radical (unpaired) electrons. The molecule has 0 heterocycles. The zero-order valence-electron chi connectivity index (χ0n) is 12.4. The van der Waals surface area contributed by atoms with Crippen molar-refractivity contribution in [2.24, 2.45) is 5.73 Å². The lowest BCUT2D eigenvalue weighted by atomic mass is 10.4. The number of hydrogen-bond acceptors (Lipinski definition) is 2. The highest BCUT2D eigenvalue weighted by Crippen LogP contribution is 2.29. The second-order valence-electron chi connectivity index (χ2n) is 5.45. The molecule has 0 amide bonds. The molecule has 104 valence electrons. The van der Waals surface area contributed by atoms with E-state index in [1.165, 1.54) is 43.8 Å². The van der Waals surface area contributed by atoms with Crippen molar-refractivity contribution in [1.29, 1.82) is 0 Å². The molecule has 0 saturated heterocycles. The molecule has 0 aliphatic carbocycles. The van der Waals surface area contributed by atoms with Crippen LogP contribution in [-0.4, -0.2) is 21.0 Å². The molecule has 0 aliphatic heterocycles. The summed E-state index contributed by atoms with van der Waals surface area (Å²) in [5.74, 6) is 0.